The van der Waals surface area contributed by atoms with E-state index in [2.05, 4.69) is 23.1 Å². The maximum atomic E-state index is 12.5. The number of carbonyl (C=O) groups excluding carboxylic acids is 1. The predicted molar refractivity (Wildman–Crippen MR) is 100 cm³/mol. The molecule has 3 aromatic rings. The van der Waals surface area contributed by atoms with E-state index in [-0.39, 0.29) is 11.8 Å². The van der Waals surface area contributed by atoms with Gasteiger partial charge in [0, 0.05) is 24.2 Å². The second-order valence-corrected chi connectivity index (χ2v) is 7.02. The number of anilines is 1. The van der Waals surface area contributed by atoms with Gasteiger partial charge in [0.25, 0.3) is 0 Å². The molecule has 2 aromatic carbocycles. The van der Waals surface area contributed by atoms with Crippen LogP contribution < -0.4 is 4.90 Å². The Morgan fingerprint density at radius 3 is 2.50 bits per heavy atom. The van der Waals surface area contributed by atoms with Gasteiger partial charge in [0.2, 0.25) is 17.6 Å². The van der Waals surface area contributed by atoms with Crippen LogP contribution in [0.4, 0.5) is 5.69 Å². The van der Waals surface area contributed by atoms with Crippen LogP contribution in [0.2, 0.25) is 0 Å². The summed E-state index contributed by atoms with van der Waals surface area (Å²) < 4.78 is 5.48. The lowest BCUT2D eigenvalue weighted by Crippen LogP contribution is -2.25. The van der Waals surface area contributed by atoms with E-state index in [1.54, 1.807) is 0 Å². The molecule has 0 N–H and O–H groups in total. The molecular formula is C21H21N3O2. The number of hydrogen-bond acceptors (Lipinski definition) is 4. The molecule has 0 aliphatic carbocycles. The quantitative estimate of drug-likeness (QED) is 0.713. The van der Waals surface area contributed by atoms with Gasteiger partial charge in [-0.2, -0.15) is 4.98 Å². The molecular weight excluding hydrogens is 326 g/mol. The average Bonchev–Trinajstić information content (AvgIpc) is 3.23. The Kier molecular flexibility index (Phi) is 4.07. The largest absolute Gasteiger partial charge is 0.339 e. The summed E-state index contributed by atoms with van der Waals surface area (Å²) in [6, 6.07) is 14.1. The number of aryl methyl sites for hydroxylation is 3. The van der Waals surface area contributed by atoms with E-state index < -0.39 is 0 Å². The number of rotatable bonds is 3. The van der Waals surface area contributed by atoms with Crippen LogP contribution in [0.15, 0.2) is 47.0 Å². The number of amides is 1. The summed E-state index contributed by atoms with van der Waals surface area (Å²) in [5, 5.41) is 4.10. The summed E-state index contributed by atoms with van der Waals surface area (Å²) in [7, 11) is 0. The van der Waals surface area contributed by atoms with Gasteiger partial charge in [-0.3, -0.25) is 4.79 Å². The van der Waals surface area contributed by atoms with Gasteiger partial charge in [0.1, 0.15) is 0 Å². The maximum Gasteiger partial charge on any atom is 0.232 e. The Morgan fingerprint density at radius 2 is 1.77 bits per heavy atom. The van der Waals surface area contributed by atoms with Crippen LogP contribution in [0, 0.1) is 20.8 Å². The molecule has 4 rings (SSSR count). The van der Waals surface area contributed by atoms with E-state index in [1.165, 1.54) is 11.1 Å². The normalized spacial score (nSPS) is 17.1. The van der Waals surface area contributed by atoms with Crippen LogP contribution in [0.1, 0.15) is 34.9 Å². The monoisotopic (exact) mass is 347 g/mol. The molecule has 0 radical (unpaired) electrons. The summed E-state index contributed by atoms with van der Waals surface area (Å²) in [5.74, 6) is 1.12. The summed E-state index contributed by atoms with van der Waals surface area (Å²) in [6.07, 6.45) is 0.392. The van der Waals surface area contributed by atoms with Crippen molar-refractivity contribution in [2.24, 2.45) is 0 Å². The van der Waals surface area contributed by atoms with Crippen molar-refractivity contribution in [2.75, 3.05) is 11.4 Å². The minimum absolute atomic E-state index is 0.0742. The van der Waals surface area contributed by atoms with Crippen LogP contribution in [-0.4, -0.2) is 22.6 Å². The number of aromatic nitrogens is 2. The zero-order chi connectivity index (χ0) is 18.3. The Hall–Kier alpha value is -2.95. The van der Waals surface area contributed by atoms with Crippen LogP contribution in [0.5, 0.6) is 0 Å². The lowest BCUT2D eigenvalue weighted by molar-refractivity contribution is -0.117. The molecule has 0 spiro atoms. The van der Waals surface area contributed by atoms with Gasteiger partial charge in [0.15, 0.2) is 0 Å². The molecule has 1 saturated heterocycles. The Bertz CT molecular complexity index is 960. The maximum absolute atomic E-state index is 12.5. The molecule has 0 saturated carbocycles. The molecule has 0 unspecified atom stereocenters. The van der Waals surface area contributed by atoms with Crippen molar-refractivity contribution in [3.63, 3.8) is 0 Å². The Balaban J connectivity index is 1.56. The number of benzene rings is 2. The van der Waals surface area contributed by atoms with Gasteiger partial charge < -0.3 is 9.42 Å². The second kappa shape index (κ2) is 6.41. The smallest absolute Gasteiger partial charge is 0.232 e. The first-order valence-corrected chi connectivity index (χ1v) is 8.79. The number of nitrogens with zero attached hydrogens (tertiary/aromatic N) is 3. The lowest BCUT2D eigenvalue weighted by atomic mass is 10.1. The van der Waals surface area contributed by atoms with E-state index in [9.17, 15) is 4.79 Å². The third-order valence-electron chi connectivity index (χ3n) is 4.87. The minimum Gasteiger partial charge on any atom is -0.339 e. The molecule has 2 heterocycles. The molecule has 1 amide bonds. The van der Waals surface area contributed by atoms with Gasteiger partial charge in [-0.25, -0.2) is 0 Å². The minimum atomic E-state index is -0.0742. The highest BCUT2D eigenvalue weighted by Gasteiger charge is 2.35. The molecule has 26 heavy (non-hydrogen) atoms. The summed E-state index contributed by atoms with van der Waals surface area (Å²) >= 11 is 0. The highest BCUT2D eigenvalue weighted by Crippen LogP contribution is 2.33. The fourth-order valence-corrected chi connectivity index (χ4v) is 3.43. The number of hydrogen-bond donors (Lipinski definition) is 0. The first-order chi connectivity index (χ1) is 12.5. The molecule has 5 heteroatoms. The Morgan fingerprint density at radius 1 is 1.04 bits per heavy atom. The van der Waals surface area contributed by atoms with Gasteiger partial charge in [-0.15, -0.1) is 0 Å². The predicted octanol–water partition coefficient (Wildman–Crippen LogP) is 4.18. The molecule has 1 atom stereocenters. The molecule has 1 aliphatic heterocycles. The third kappa shape index (κ3) is 3.01. The summed E-state index contributed by atoms with van der Waals surface area (Å²) in [5.41, 5.74) is 5.35. The first kappa shape index (κ1) is 16.5. The molecule has 5 nitrogen and oxygen atoms in total. The van der Waals surface area contributed by atoms with Crippen molar-refractivity contribution in [3.05, 3.63) is 65.0 Å². The highest BCUT2D eigenvalue weighted by molar-refractivity contribution is 5.97. The van der Waals surface area contributed by atoms with Crippen molar-refractivity contribution in [1.29, 1.82) is 0 Å². The van der Waals surface area contributed by atoms with E-state index >= 15 is 0 Å². The standard InChI is InChI=1S/C21H21N3O2/c1-13-4-7-16(8-5-13)20-22-21(26-23-20)17-11-19(25)24(12-17)18-9-6-14(2)10-15(18)3/h4-10,17H,11-12H2,1-3H3/t17-/m1/s1. The van der Waals surface area contributed by atoms with Gasteiger partial charge >= 0.3 is 0 Å². The van der Waals surface area contributed by atoms with Gasteiger partial charge in [-0.1, -0.05) is 52.7 Å². The SMILES string of the molecule is Cc1ccc(-c2noc([C@@H]3CC(=O)N(c4ccc(C)cc4C)C3)n2)cc1. The van der Waals surface area contributed by atoms with E-state index in [0.29, 0.717) is 24.7 Å². The second-order valence-electron chi connectivity index (χ2n) is 7.02. The average molecular weight is 347 g/mol. The van der Waals surface area contributed by atoms with Crippen molar-refractivity contribution in [1.82, 2.24) is 10.1 Å². The van der Waals surface area contributed by atoms with Crippen molar-refractivity contribution < 1.29 is 9.32 Å². The fraction of sp³-hybridized carbons (Fsp3) is 0.286. The molecule has 0 bridgehead atoms. The zero-order valence-corrected chi connectivity index (χ0v) is 15.2. The summed E-state index contributed by atoms with van der Waals surface area (Å²) in [4.78, 5) is 18.9. The number of carbonyl (C=O) groups is 1. The molecule has 1 aliphatic rings. The highest BCUT2D eigenvalue weighted by atomic mass is 16.5. The fourth-order valence-electron chi connectivity index (χ4n) is 3.43. The van der Waals surface area contributed by atoms with E-state index in [4.69, 9.17) is 4.52 Å². The van der Waals surface area contributed by atoms with Crippen molar-refractivity contribution in [2.45, 2.75) is 33.1 Å². The topological polar surface area (TPSA) is 59.2 Å². The lowest BCUT2D eigenvalue weighted by Gasteiger charge is -2.19. The van der Waals surface area contributed by atoms with Crippen LogP contribution >= 0.6 is 0 Å². The first-order valence-electron chi connectivity index (χ1n) is 8.79. The van der Waals surface area contributed by atoms with Crippen molar-refractivity contribution >= 4 is 11.6 Å². The van der Waals surface area contributed by atoms with Crippen molar-refractivity contribution in [3.8, 4) is 11.4 Å². The third-order valence-corrected chi connectivity index (χ3v) is 4.87. The van der Waals surface area contributed by atoms with E-state index in [0.717, 1.165) is 16.8 Å². The van der Waals surface area contributed by atoms with Crippen LogP contribution in [-0.2, 0) is 4.79 Å². The van der Waals surface area contributed by atoms with Crippen LogP contribution in [0.25, 0.3) is 11.4 Å². The van der Waals surface area contributed by atoms with Gasteiger partial charge in [0.05, 0.1) is 5.92 Å². The molecule has 132 valence electrons. The Labute approximate surface area is 152 Å². The zero-order valence-electron chi connectivity index (χ0n) is 15.2. The van der Waals surface area contributed by atoms with E-state index in [1.807, 2.05) is 55.1 Å². The van der Waals surface area contributed by atoms with Crippen LogP contribution in [0.3, 0.4) is 0 Å². The molecule has 1 aromatic heterocycles. The molecule has 1 fully saturated rings. The summed E-state index contributed by atoms with van der Waals surface area (Å²) in [6.45, 7) is 6.69. The van der Waals surface area contributed by atoms with Gasteiger partial charge in [-0.05, 0) is 32.4 Å².